The molecule has 0 radical (unpaired) electrons. The number of rotatable bonds is 3. The molecule has 0 fully saturated rings. The molecule has 0 amide bonds. The fraction of sp³-hybridized carbons (Fsp3) is 0.200. The summed E-state index contributed by atoms with van der Waals surface area (Å²) in [6.45, 7) is 4.08. The molecule has 20 heavy (non-hydrogen) atoms. The highest BCUT2D eigenvalue weighted by Crippen LogP contribution is 2.31. The summed E-state index contributed by atoms with van der Waals surface area (Å²) in [5.74, 6) is 0. The smallest absolute Gasteiger partial charge is 0.167 e. The number of hydrogen-bond acceptors (Lipinski definition) is 5. The lowest BCUT2D eigenvalue weighted by Crippen LogP contribution is -2.40. The van der Waals surface area contributed by atoms with Gasteiger partial charge in [-0.25, -0.2) is 0 Å². The highest BCUT2D eigenvalue weighted by molar-refractivity contribution is 7.10. The van der Waals surface area contributed by atoms with Crippen LogP contribution in [0.15, 0.2) is 42.3 Å². The lowest BCUT2D eigenvalue weighted by Gasteiger charge is -2.28. The second kappa shape index (κ2) is 5.09. The Balaban J connectivity index is 1.95. The lowest BCUT2D eigenvalue weighted by atomic mass is 10.2. The van der Waals surface area contributed by atoms with Crippen LogP contribution in [0.25, 0.3) is 0 Å². The second-order valence-corrected chi connectivity index (χ2v) is 5.86. The van der Waals surface area contributed by atoms with E-state index in [1.165, 1.54) is 4.88 Å². The van der Waals surface area contributed by atoms with Crippen LogP contribution in [0.4, 0.5) is 11.4 Å². The van der Waals surface area contributed by atoms with Crippen LogP contribution in [0.3, 0.4) is 0 Å². The molecule has 5 heteroatoms. The van der Waals surface area contributed by atoms with Crippen molar-refractivity contribution in [3.05, 3.63) is 52.7 Å². The zero-order valence-electron chi connectivity index (χ0n) is 11.4. The number of hydrogen-bond donors (Lipinski definition) is 0. The third kappa shape index (κ3) is 2.10. The minimum absolute atomic E-state index is 0.355. The van der Waals surface area contributed by atoms with Gasteiger partial charge in [0.2, 0.25) is 0 Å². The fourth-order valence-electron chi connectivity index (χ4n) is 2.34. The molecule has 3 rings (SSSR count). The van der Waals surface area contributed by atoms with Crippen molar-refractivity contribution in [3.63, 3.8) is 0 Å². The van der Waals surface area contributed by atoms with Gasteiger partial charge in [0.15, 0.2) is 12.5 Å². The van der Waals surface area contributed by atoms with E-state index in [1.54, 1.807) is 23.7 Å². The number of carbonyl (C=O) groups is 1. The first-order valence-electron chi connectivity index (χ1n) is 6.37. The van der Waals surface area contributed by atoms with E-state index >= 15 is 0 Å². The highest BCUT2D eigenvalue weighted by atomic mass is 32.1. The second-order valence-electron chi connectivity index (χ2n) is 4.74. The molecular formula is C15H15N3OS. The van der Waals surface area contributed by atoms with Crippen LogP contribution in [0.2, 0.25) is 0 Å². The van der Waals surface area contributed by atoms with Crippen molar-refractivity contribution in [3.8, 4) is 0 Å². The fourth-order valence-corrected chi connectivity index (χ4v) is 3.02. The maximum atomic E-state index is 11.6. The number of aldehydes is 1. The zero-order chi connectivity index (χ0) is 14.1. The van der Waals surface area contributed by atoms with Crippen LogP contribution < -0.4 is 9.80 Å². The largest absolute Gasteiger partial charge is 0.318 e. The van der Waals surface area contributed by atoms with Gasteiger partial charge in [-0.05, 0) is 31.5 Å². The van der Waals surface area contributed by atoms with E-state index in [2.05, 4.69) is 23.4 Å². The molecule has 0 N–H and O–H groups in total. The summed E-state index contributed by atoms with van der Waals surface area (Å²) in [6, 6.07) is 4.04. The van der Waals surface area contributed by atoms with E-state index < -0.39 is 0 Å². The number of anilines is 2. The monoisotopic (exact) mass is 285 g/mol. The minimum atomic E-state index is -0.355. The van der Waals surface area contributed by atoms with Crippen molar-refractivity contribution in [2.45, 2.75) is 20.0 Å². The normalized spacial score (nSPS) is 17.8. The van der Waals surface area contributed by atoms with E-state index in [4.69, 9.17) is 0 Å². The summed E-state index contributed by atoms with van der Waals surface area (Å²) in [5.41, 5.74) is 3.10. The molecule has 0 bridgehead atoms. The van der Waals surface area contributed by atoms with Crippen molar-refractivity contribution in [1.82, 2.24) is 4.98 Å². The molecule has 2 aromatic rings. The average Bonchev–Trinajstić information content (AvgIpc) is 3.04. The summed E-state index contributed by atoms with van der Waals surface area (Å²) < 4.78 is 0. The van der Waals surface area contributed by atoms with Crippen LogP contribution in [-0.4, -0.2) is 17.4 Å². The summed E-state index contributed by atoms with van der Waals surface area (Å²) in [5, 5.41) is 2.07. The molecular weight excluding hydrogens is 270 g/mol. The third-order valence-corrected chi connectivity index (χ3v) is 4.23. The number of pyridine rings is 1. The first kappa shape index (κ1) is 12.9. The molecule has 102 valence electrons. The van der Waals surface area contributed by atoms with Gasteiger partial charge < -0.3 is 9.80 Å². The lowest BCUT2D eigenvalue weighted by molar-refractivity contribution is -0.108. The van der Waals surface area contributed by atoms with Crippen LogP contribution in [0.1, 0.15) is 10.4 Å². The van der Waals surface area contributed by atoms with Crippen LogP contribution >= 0.6 is 11.3 Å². The van der Waals surface area contributed by atoms with Gasteiger partial charge in [-0.3, -0.25) is 9.78 Å². The Kier molecular flexibility index (Phi) is 3.28. The van der Waals surface area contributed by atoms with Crippen molar-refractivity contribution < 1.29 is 4.79 Å². The van der Waals surface area contributed by atoms with E-state index in [1.807, 2.05) is 35.2 Å². The van der Waals surface area contributed by atoms with E-state index in [0.717, 1.165) is 23.2 Å². The van der Waals surface area contributed by atoms with Gasteiger partial charge in [-0.1, -0.05) is 0 Å². The number of aryl methyl sites for hydroxylation is 2. The first-order valence-corrected chi connectivity index (χ1v) is 7.24. The molecule has 1 unspecified atom stereocenters. The summed E-state index contributed by atoms with van der Waals surface area (Å²) in [4.78, 5) is 20.9. The van der Waals surface area contributed by atoms with Crippen LogP contribution in [-0.2, 0) is 4.79 Å². The number of thiophene rings is 1. The highest BCUT2D eigenvalue weighted by Gasteiger charge is 2.29. The Labute approximate surface area is 122 Å². The van der Waals surface area contributed by atoms with Gasteiger partial charge in [-0.2, -0.15) is 0 Å². The molecule has 0 aromatic carbocycles. The molecule has 0 saturated carbocycles. The Morgan fingerprint density at radius 2 is 2.10 bits per heavy atom. The van der Waals surface area contributed by atoms with Crippen LogP contribution in [0.5, 0.6) is 0 Å². The predicted molar refractivity (Wildman–Crippen MR) is 82.0 cm³/mol. The standard InChI is InChI=1S/C15H15N3OS/c1-11-3-4-16-8-14(11)18-6-5-17(15(18)9-19)13-7-12(2)20-10-13/h3-10,15H,1-2H3. The van der Waals surface area contributed by atoms with Crippen molar-refractivity contribution in [2.75, 3.05) is 9.80 Å². The summed E-state index contributed by atoms with van der Waals surface area (Å²) >= 11 is 1.68. The van der Waals surface area contributed by atoms with E-state index in [9.17, 15) is 4.79 Å². The molecule has 0 saturated heterocycles. The zero-order valence-corrected chi connectivity index (χ0v) is 12.2. The summed E-state index contributed by atoms with van der Waals surface area (Å²) in [7, 11) is 0. The van der Waals surface area contributed by atoms with Gasteiger partial charge in [0, 0.05) is 28.9 Å². The van der Waals surface area contributed by atoms with Crippen molar-refractivity contribution >= 4 is 29.0 Å². The Morgan fingerprint density at radius 3 is 2.75 bits per heavy atom. The van der Waals surface area contributed by atoms with Gasteiger partial charge in [-0.15, -0.1) is 11.3 Å². The van der Waals surface area contributed by atoms with Gasteiger partial charge >= 0.3 is 0 Å². The van der Waals surface area contributed by atoms with Gasteiger partial charge in [0.25, 0.3) is 0 Å². The molecule has 2 aromatic heterocycles. The molecule has 1 aliphatic heterocycles. The Morgan fingerprint density at radius 1 is 1.30 bits per heavy atom. The number of nitrogens with zero attached hydrogens (tertiary/aromatic N) is 3. The Hall–Kier alpha value is -2.14. The Bertz CT molecular complexity index is 665. The summed E-state index contributed by atoms with van der Waals surface area (Å²) in [6.07, 6.45) is 8.02. The molecule has 0 aliphatic carbocycles. The van der Waals surface area contributed by atoms with Crippen molar-refractivity contribution in [1.29, 1.82) is 0 Å². The van der Waals surface area contributed by atoms with E-state index in [0.29, 0.717) is 0 Å². The molecule has 3 heterocycles. The van der Waals surface area contributed by atoms with E-state index in [-0.39, 0.29) is 6.17 Å². The van der Waals surface area contributed by atoms with Gasteiger partial charge in [0.05, 0.1) is 17.6 Å². The molecule has 1 atom stereocenters. The molecule has 0 spiro atoms. The first-order chi connectivity index (χ1) is 9.70. The van der Waals surface area contributed by atoms with Crippen LogP contribution in [0, 0.1) is 13.8 Å². The minimum Gasteiger partial charge on any atom is -0.318 e. The third-order valence-electron chi connectivity index (χ3n) is 3.38. The molecule has 4 nitrogen and oxygen atoms in total. The topological polar surface area (TPSA) is 36.4 Å². The SMILES string of the molecule is Cc1cc(N2C=CN(c3cnccc3C)C2C=O)cs1. The van der Waals surface area contributed by atoms with Gasteiger partial charge in [0.1, 0.15) is 0 Å². The maximum Gasteiger partial charge on any atom is 0.167 e. The quantitative estimate of drug-likeness (QED) is 0.812. The predicted octanol–water partition coefficient (Wildman–Crippen LogP) is 3.08. The average molecular weight is 285 g/mol. The van der Waals surface area contributed by atoms with Crippen molar-refractivity contribution in [2.24, 2.45) is 0 Å². The molecule has 1 aliphatic rings. The number of carbonyl (C=O) groups excluding carboxylic acids is 1. The number of aromatic nitrogens is 1. The maximum absolute atomic E-state index is 11.6.